The van der Waals surface area contributed by atoms with Crippen molar-refractivity contribution < 1.29 is 13.5 Å². The lowest BCUT2D eigenvalue weighted by Gasteiger charge is -2.29. The van der Waals surface area contributed by atoms with Crippen LogP contribution in [0.25, 0.3) is 16.8 Å². The number of nitrogens with zero attached hydrogens (tertiary/aromatic N) is 4. The van der Waals surface area contributed by atoms with Crippen LogP contribution in [0.5, 0.6) is 0 Å². The monoisotopic (exact) mass is 386 g/mol. The van der Waals surface area contributed by atoms with Crippen LogP contribution in [0.2, 0.25) is 0 Å². The third kappa shape index (κ3) is 3.87. The Labute approximate surface area is 158 Å². The van der Waals surface area contributed by atoms with Gasteiger partial charge < -0.3 is 5.11 Å². The van der Waals surface area contributed by atoms with Crippen LogP contribution in [0, 0.1) is 0 Å². The highest BCUT2D eigenvalue weighted by atomic mass is 32.2. The highest BCUT2D eigenvalue weighted by molar-refractivity contribution is 7.91. The summed E-state index contributed by atoms with van der Waals surface area (Å²) in [6, 6.07) is 8.68. The fraction of sp³-hybridized carbons (Fsp3) is 0.368. The second-order valence-electron chi connectivity index (χ2n) is 6.89. The molecule has 0 aliphatic carbocycles. The molecule has 1 aromatic carbocycles. The van der Waals surface area contributed by atoms with Crippen molar-refractivity contribution in [2.24, 2.45) is 0 Å². The Morgan fingerprint density at radius 1 is 1.22 bits per heavy atom. The van der Waals surface area contributed by atoms with Gasteiger partial charge in [0, 0.05) is 31.0 Å². The summed E-state index contributed by atoms with van der Waals surface area (Å²) >= 11 is 0. The van der Waals surface area contributed by atoms with E-state index in [-0.39, 0.29) is 11.9 Å². The van der Waals surface area contributed by atoms with Crippen LogP contribution in [0.1, 0.15) is 12.8 Å². The van der Waals surface area contributed by atoms with E-state index in [9.17, 15) is 13.5 Å². The van der Waals surface area contributed by atoms with Crippen molar-refractivity contribution in [2.45, 2.75) is 23.8 Å². The highest BCUT2D eigenvalue weighted by Crippen LogP contribution is 2.25. The maximum atomic E-state index is 12.6. The number of piperidine rings is 1. The summed E-state index contributed by atoms with van der Waals surface area (Å²) in [4.78, 5) is 6.66. The number of hydrogen-bond acceptors (Lipinski definition) is 6. The maximum Gasteiger partial charge on any atom is 0.179 e. The Bertz CT molecular complexity index is 1030. The molecule has 1 fully saturated rings. The van der Waals surface area contributed by atoms with Crippen LogP contribution < -0.4 is 0 Å². The third-order valence-corrected chi connectivity index (χ3v) is 6.67. The Hall–Kier alpha value is -2.29. The second-order valence-corrected chi connectivity index (χ2v) is 9.00. The van der Waals surface area contributed by atoms with Crippen molar-refractivity contribution in [1.82, 2.24) is 19.5 Å². The van der Waals surface area contributed by atoms with Gasteiger partial charge in [0.2, 0.25) is 0 Å². The summed E-state index contributed by atoms with van der Waals surface area (Å²) in [6.07, 6.45) is 6.61. The molecule has 1 saturated heterocycles. The molecule has 0 amide bonds. The molecule has 8 heteroatoms. The molecule has 3 heterocycles. The fourth-order valence-corrected chi connectivity index (χ4v) is 4.76. The zero-order chi connectivity index (χ0) is 18.9. The minimum Gasteiger partial charge on any atom is -0.392 e. The normalized spacial score (nSPS) is 18.8. The van der Waals surface area contributed by atoms with Gasteiger partial charge in [-0.3, -0.25) is 4.90 Å². The topological polar surface area (TPSA) is 87.8 Å². The van der Waals surface area contributed by atoms with Gasteiger partial charge in [0.05, 0.1) is 22.9 Å². The number of β-amino-alcohol motifs (C(OH)–C–C–N with tert-alkyl or cyclic N) is 1. The van der Waals surface area contributed by atoms with E-state index >= 15 is 0 Å². The number of likely N-dealkylation sites (tertiary alicyclic amines) is 1. The quantitative estimate of drug-likeness (QED) is 0.717. The van der Waals surface area contributed by atoms with Crippen molar-refractivity contribution in [3.05, 3.63) is 48.9 Å². The Morgan fingerprint density at radius 3 is 2.81 bits per heavy atom. The van der Waals surface area contributed by atoms with E-state index < -0.39 is 9.84 Å². The van der Waals surface area contributed by atoms with Crippen molar-refractivity contribution >= 4 is 15.5 Å². The van der Waals surface area contributed by atoms with Crippen LogP contribution >= 0.6 is 0 Å². The summed E-state index contributed by atoms with van der Waals surface area (Å²) in [7, 11) is -3.36. The first-order valence-corrected chi connectivity index (χ1v) is 10.7. The molecule has 142 valence electrons. The minimum absolute atomic E-state index is 0.0529. The molecule has 1 aliphatic rings. The lowest BCUT2D eigenvalue weighted by molar-refractivity contribution is 0.0741. The first-order valence-electron chi connectivity index (χ1n) is 9.05. The van der Waals surface area contributed by atoms with Gasteiger partial charge in [-0.2, -0.15) is 5.10 Å². The lowest BCUT2D eigenvalue weighted by atomic mass is 10.1. The molecular weight excluding hydrogens is 364 g/mol. The first-order chi connectivity index (χ1) is 13.0. The molecule has 0 saturated carbocycles. The van der Waals surface area contributed by atoms with Crippen molar-refractivity contribution in [3.8, 4) is 11.1 Å². The van der Waals surface area contributed by atoms with Gasteiger partial charge in [-0.25, -0.2) is 17.9 Å². The van der Waals surface area contributed by atoms with Crippen LogP contribution in [0.4, 0.5) is 0 Å². The van der Waals surface area contributed by atoms with Crippen LogP contribution in [-0.4, -0.2) is 64.5 Å². The molecule has 0 bridgehead atoms. The van der Waals surface area contributed by atoms with E-state index in [2.05, 4.69) is 10.1 Å². The predicted octanol–water partition coefficient (Wildman–Crippen LogP) is 1.63. The molecular formula is C19H22N4O3S. The molecule has 4 rings (SSSR count). The number of benzene rings is 1. The van der Waals surface area contributed by atoms with E-state index in [0.717, 1.165) is 36.2 Å². The van der Waals surface area contributed by atoms with Gasteiger partial charge in [-0.15, -0.1) is 0 Å². The molecule has 2 aromatic heterocycles. The molecule has 1 N–H and O–H groups in total. The van der Waals surface area contributed by atoms with Gasteiger partial charge in [0.1, 0.15) is 0 Å². The fourth-order valence-electron chi connectivity index (χ4n) is 3.47. The zero-order valence-electron chi connectivity index (χ0n) is 14.9. The molecule has 1 aliphatic heterocycles. The highest BCUT2D eigenvalue weighted by Gasteiger charge is 2.21. The van der Waals surface area contributed by atoms with E-state index in [4.69, 9.17) is 0 Å². The largest absolute Gasteiger partial charge is 0.392 e. The summed E-state index contributed by atoms with van der Waals surface area (Å²) in [5, 5.41) is 14.0. The predicted molar refractivity (Wildman–Crippen MR) is 102 cm³/mol. The van der Waals surface area contributed by atoms with E-state index in [1.807, 2.05) is 11.1 Å². The molecule has 0 radical (unpaired) electrons. The van der Waals surface area contributed by atoms with E-state index in [0.29, 0.717) is 18.0 Å². The molecule has 7 nitrogen and oxygen atoms in total. The number of aliphatic hydroxyl groups excluding tert-OH is 1. The summed E-state index contributed by atoms with van der Waals surface area (Å²) in [5.41, 5.74) is 2.47. The van der Waals surface area contributed by atoms with Gasteiger partial charge in [0.25, 0.3) is 0 Å². The number of sulfone groups is 1. The summed E-state index contributed by atoms with van der Waals surface area (Å²) < 4.78 is 27.0. The second kappa shape index (κ2) is 7.38. The maximum absolute atomic E-state index is 12.6. The van der Waals surface area contributed by atoms with Gasteiger partial charge in [-0.05, 0) is 43.1 Å². The average Bonchev–Trinajstić information content (AvgIpc) is 3.11. The van der Waals surface area contributed by atoms with Gasteiger partial charge in [-0.1, -0.05) is 12.1 Å². The lowest BCUT2D eigenvalue weighted by Crippen LogP contribution is -2.40. The van der Waals surface area contributed by atoms with E-state index in [1.54, 1.807) is 47.2 Å². The van der Waals surface area contributed by atoms with Crippen molar-refractivity contribution in [3.63, 3.8) is 0 Å². The number of fused-ring (bicyclic) bond motifs is 1. The summed E-state index contributed by atoms with van der Waals surface area (Å²) in [5.74, 6) is 0.0529. The smallest absolute Gasteiger partial charge is 0.179 e. The summed E-state index contributed by atoms with van der Waals surface area (Å²) in [6.45, 7) is 1.84. The minimum atomic E-state index is -3.36. The third-order valence-electron chi connectivity index (χ3n) is 4.96. The molecule has 3 aromatic rings. The zero-order valence-corrected chi connectivity index (χ0v) is 15.7. The SMILES string of the molecule is O=S(=O)(CCN1CCCC(O)C1)c1ccc(-c2cnn3cccnc23)cc1. The first kappa shape index (κ1) is 18.1. The molecule has 27 heavy (non-hydrogen) atoms. The number of aliphatic hydroxyl groups is 1. The van der Waals surface area contributed by atoms with Crippen molar-refractivity contribution in [2.75, 3.05) is 25.4 Å². The number of rotatable bonds is 5. The van der Waals surface area contributed by atoms with E-state index in [1.165, 1.54) is 0 Å². The van der Waals surface area contributed by atoms with Crippen LogP contribution in [-0.2, 0) is 9.84 Å². The Balaban J connectivity index is 1.49. The van der Waals surface area contributed by atoms with Gasteiger partial charge >= 0.3 is 0 Å². The molecule has 1 atom stereocenters. The van der Waals surface area contributed by atoms with Crippen molar-refractivity contribution in [1.29, 1.82) is 0 Å². The molecule has 0 spiro atoms. The number of aromatic nitrogens is 3. The standard InChI is InChI=1S/C19H22N4O3S/c24-16-3-1-9-22(14-16)11-12-27(25,26)17-6-4-15(5-7-17)18-13-21-23-10-2-8-20-19(18)23/h2,4-8,10,13,16,24H,1,3,9,11-12,14H2. The van der Waals surface area contributed by atoms with Gasteiger partial charge in [0.15, 0.2) is 15.5 Å². The Morgan fingerprint density at radius 2 is 2.04 bits per heavy atom. The Kier molecular flexibility index (Phi) is 4.94. The average molecular weight is 386 g/mol. The number of hydrogen-bond donors (Lipinski definition) is 1. The molecule has 1 unspecified atom stereocenters. The van der Waals surface area contributed by atoms with Crippen LogP contribution in [0.3, 0.4) is 0 Å². The van der Waals surface area contributed by atoms with Crippen LogP contribution in [0.15, 0.2) is 53.8 Å².